The van der Waals surface area contributed by atoms with Gasteiger partial charge in [-0.3, -0.25) is 0 Å². The van der Waals surface area contributed by atoms with Crippen molar-refractivity contribution in [1.29, 1.82) is 0 Å². The van der Waals surface area contributed by atoms with Gasteiger partial charge in [0.25, 0.3) is 0 Å². The molecule has 1 aromatic heterocycles. The molecule has 62 valence electrons. The van der Waals surface area contributed by atoms with Crippen molar-refractivity contribution < 1.29 is 0 Å². The van der Waals surface area contributed by atoms with Crippen molar-refractivity contribution in [2.75, 3.05) is 11.9 Å². The fourth-order valence-corrected chi connectivity index (χ4v) is 1.69. The Kier molecular flexibility index (Phi) is 1.91. The zero-order chi connectivity index (χ0) is 8.39. The fourth-order valence-electron chi connectivity index (χ4n) is 1.14. The summed E-state index contributed by atoms with van der Waals surface area (Å²) < 4.78 is 8.36. The Morgan fingerprint density at radius 3 is 3.17 bits per heavy atom. The van der Waals surface area contributed by atoms with Crippen molar-refractivity contribution >= 4 is 28.4 Å². The largest absolute Gasteiger partial charge is 0.383 e. The summed E-state index contributed by atoms with van der Waals surface area (Å²) in [6.07, 6.45) is 0. The first kappa shape index (κ1) is 7.49. The lowest BCUT2D eigenvalue weighted by Crippen LogP contribution is -1.96. The zero-order valence-electron chi connectivity index (χ0n) is 6.74. The van der Waals surface area contributed by atoms with Gasteiger partial charge in [0.1, 0.15) is 11.0 Å². The van der Waals surface area contributed by atoms with Gasteiger partial charge in [-0.2, -0.15) is 8.75 Å². The number of fused-ring (bicyclic) bond motifs is 1. The second kappa shape index (κ2) is 3.06. The minimum absolute atomic E-state index is 0.913. The second-order valence-electron chi connectivity index (χ2n) is 2.47. The van der Waals surface area contributed by atoms with Gasteiger partial charge >= 0.3 is 0 Å². The van der Waals surface area contributed by atoms with Gasteiger partial charge in [-0.15, -0.1) is 0 Å². The summed E-state index contributed by atoms with van der Waals surface area (Å²) in [5.74, 6) is 0. The van der Waals surface area contributed by atoms with E-state index in [4.69, 9.17) is 0 Å². The third kappa shape index (κ3) is 1.14. The number of hydrogen-bond donors (Lipinski definition) is 1. The van der Waals surface area contributed by atoms with Crippen molar-refractivity contribution in [3.63, 3.8) is 0 Å². The quantitative estimate of drug-likeness (QED) is 0.767. The summed E-state index contributed by atoms with van der Waals surface area (Å²) in [4.78, 5) is 0. The first-order valence-corrected chi connectivity index (χ1v) is 4.60. The number of benzene rings is 1. The molecule has 0 radical (unpaired) electrons. The number of anilines is 1. The van der Waals surface area contributed by atoms with Gasteiger partial charge in [0, 0.05) is 6.54 Å². The van der Waals surface area contributed by atoms with Crippen molar-refractivity contribution in [3.05, 3.63) is 18.2 Å². The van der Waals surface area contributed by atoms with Crippen LogP contribution in [-0.4, -0.2) is 15.3 Å². The van der Waals surface area contributed by atoms with Crippen LogP contribution in [0.25, 0.3) is 11.0 Å². The normalized spacial score (nSPS) is 10.4. The highest BCUT2D eigenvalue weighted by Gasteiger charge is 2.01. The first-order valence-electron chi connectivity index (χ1n) is 3.87. The van der Waals surface area contributed by atoms with Crippen molar-refractivity contribution in [1.82, 2.24) is 8.75 Å². The van der Waals surface area contributed by atoms with E-state index in [1.54, 1.807) is 0 Å². The maximum absolute atomic E-state index is 4.21. The van der Waals surface area contributed by atoms with Gasteiger partial charge in [0.2, 0.25) is 0 Å². The highest BCUT2D eigenvalue weighted by molar-refractivity contribution is 7.00. The number of hydrogen-bond acceptors (Lipinski definition) is 4. The molecule has 1 heterocycles. The molecule has 0 aliphatic heterocycles. The maximum Gasteiger partial charge on any atom is 0.127 e. The average molecular weight is 179 g/mol. The van der Waals surface area contributed by atoms with E-state index in [1.807, 2.05) is 18.2 Å². The van der Waals surface area contributed by atoms with Crippen LogP contribution in [0, 0.1) is 0 Å². The minimum Gasteiger partial charge on any atom is -0.383 e. The lowest BCUT2D eigenvalue weighted by atomic mass is 10.2. The van der Waals surface area contributed by atoms with E-state index >= 15 is 0 Å². The van der Waals surface area contributed by atoms with E-state index in [9.17, 15) is 0 Å². The molecule has 0 amide bonds. The Hall–Kier alpha value is -1.16. The Morgan fingerprint density at radius 1 is 1.42 bits per heavy atom. The smallest absolute Gasteiger partial charge is 0.127 e. The van der Waals surface area contributed by atoms with Crippen LogP contribution >= 0.6 is 11.7 Å². The number of nitrogens with zero attached hydrogens (tertiary/aromatic N) is 2. The molecule has 4 heteroatoms. The highest BCUT2D eigenvalue weighted by Crippen LogP contribution is 2.20. The molecule has 0 bridgehead atoms. The summed E-state index contributed by atoms with van der Waals surface area (Å²) in [5, 5.41) is 3.24. The maximum atomic E-state index is 4.21. The van der Waals surface area contributed by atoms with Crippen LogP contribution in [0.1, 0.15) is 6.92 Å². The van der Waals surface area contributed by atoms with E-state index in [2.05, 4.69) is 21.0 Å². The van der Waals surface area contributed by atoms with Crippen molar-refractivity contribution in [2.24, 2.45) is 0 Å². The molecule has 0 fully saturated rings. The predicted molar refractivity (Wildman–Crippen MR) is 51.6 cm³/mol. The summed E-state index contributed by atoms with van der Waals surface area (Å²) in [7, 11) is 0. The molecule has 1 N–H and O–H groups in total. The van der Waals surface area contributed by atoms with Crippen LogP contribution in [0.5, 0.6) is 0 Å². The number of rotatable bonds is 2. The monoisotopic (exact) mass is 179 g/mol. The van der Waals surface area contributed by atoms with E-state index in [0.29, 0.717) is 0 Å². The Labute approximate surface area is 74.8 Å². The second-order valence-corrected chi connectivity index (χ2v) is 3.00. The molecule has 0 saturated carbocycles. The molecule has 0 atom stereocenters. The molecule has 0 unspecified atom stereocenters. The third-order valence-electron chi connectivity index (χ3n) is 1.65. The van der Waals surface area contributed by atoms with Crippen LogP contribution in [-0.2, 0) is 0 Å². The molecule has 0 saturated heterocycles. The van der Waals surface area contributed by atoms with Crippen LogP contribution < -0.4 is 5.32 Å². The van der Waals surface area contributed by atoms with Crippen LogP contribution in [0.4, 0.5) is 5.69 Å². The standard InChI is InChI=1S/C8H9N3S/c1-2-9-6-4-3-5-7-8(6)11-12-10-7/h3-5,9H,2H2,1H3. The summed E-state index contributed by atoms with van der Waals surface area (Å²) in [5.41, 5.74) is 3.02. The van der Waals surface area contributed by atoms with Gasteiger partial charge < -0.3 is 5.32 Å². The topological polar surface area (TPSA) is 37.8 Å². The van der Waals surface area contributed by atoms with Crippen LogP contribution in [0.15, 0.2) is 18.2 Å². The van der Waals surface area contributed by atoms with Gasteiger partial charge in [0.05, 0.1) is 17.4 Å². The molecule has 0 aliphatic rings. The van der Waals surface area contributed by atoms with Gasteiger partial charge in [-0.1, -0.05) is 6.07 Å². The number of aromatic nitrogens is 2. The molecule has 0 spiro atoms. The molecule has 0 aliphatic carbocycles. The fraction of sp³-hybridized carbons (Fsp3) is 0.250. The van der Waals surface area contributed by atoms with Gasteiger partial charge in [0.15, 0.2) is 0 Å². The summed E-state index contributed by atoms with van der Waals surface area (Å²) >= 11 is 1.25. The molecule has 2 rings (SSSR count). The van der Waals surface area contributed by atoms with Crippen molar-refractivity contribution in [2.45, 2.75) is 6.92 Å². The Balaban J connectivity index is 2.57. The molecule has 3 nitrogen and oxygen atoms in total. The molecular formula is C8H9N3S. The van der Waals surface area contributed by atoms with Crippen LogP contribution in [0.3, 0.4) is 0 Å². The molecule has 2 aromatic rings. The van der Waals surface area contributed by atoms with E-state index in [-0.39, 0.29) is 0 Å². The average Bonchev–Trinajstić information content (AvgIpc) is 2.53. The first-order chi connectivity index (χ1) is 5.92. The number of nitrogens with one attached hydrogen (secondary N) is 1. The lowest BCUT2D eigenvalue weighted by Gasteiger charge is -2.01. The van der Waals surface area contributed by atoms with Crippen molar-refractivity contribution in [3.8, 4) is 0 Å². The van der Waals surface area contributed by atoms with E-state index in [1.165, 1.54) is 11.7 Å². The molecule has 1 aromatic carbocycles. The lowest BCUT2D eigenvalue weighted by molar-refractivity contribution is 1.22. The Bertz CT molecular complexity index is 382. The summed E-state index contributed by atoms with van der Waals surface area (Å²) in [6.45, 7) is 2.98. The summed E-state index contributed by atoms with van der Waals surface area (Å²) in [6, 6.07) is 5.98. The zero-order valence-corrected chi connectivity index (χ0v) is 7.56. The Morgan fingerprint density at radius 2 is 2.33 bits per heavy atom. The van der Waals surface area contributed by atoms with Gasteiger partial charge in [-0.25, -0.2) is 0 Å². The van der Waals surface area contributed by atoms with Gasteiger partial charge in [-0.05, 0) is 19.1 Å². The SMILES string of the molecule is CCNc1cccc2nsnc12. The highest BCUT2D eigenvalue weighted by atomic mass is 32.1. The predicted octanol–water partition coefficient (Wildman–Crippen LogP) is 2.12. The molecular weight excluding hydrogens is 170 g/mol. The molecule has 12 heavy (non-hydrogen) atoms. The minimum atomic E-state index is 0.913. The van der Waals surface area contributed by atoms with Crippen LogP contribution in [0.2, 0.25) is 0 Å². The van der Waals surface area contributed by atoms with E-state index in [0.717, 1.165) is 23.3 Å². The van der Waals surface area contributed by atoms with E-state index < -0.39 is 0 Å². The third-order valence-corrected chi connectivity index (χ3v) is 2.20.